The largest absolute Gasteiger partial charge is 0.416 e. The van der Waals surface area contributed by atoms with Gasteiger partial charge in [-0.05, 0) is 55.3 Å². The Kier molecular flexibility index (Phi) is 6.59. The minimum atomic E-state index is -4.56. The molecule has 0 bridgehead atoms. The molecule has 0 saturated heterocycles. The summed E-state index contributed by atoms with van der Waals surface area (Å²) in [5.41, 5.74) is -0.0548. The molecule has 0 radical (unpaired) electrons. The number of pyridine rings is 1. The fourth-order valence-corrected chi connectivity index (χ4v) is 3.29. The van der Waals surface area contributed by atoms with E-state index in [0.29, 0.717) is 17.2 Å². The van der Waals surface area contributed by atoms with Gasteiger partial charge in [-0.3, -0.25) is 4.79 Å². The second kappa shape index (κ2) is 9.61. The van der Waals surface area contributed by atoms with Crippen molar-refractivity contribution in [3.63, 3.8) is 0 Å². The number of hydrogen-bond donors (Lipinski definition) is 3. The number of carbonyl (C=O) groups is 2. The smallest absolute Gasteiger partial charge is 0.344 e. The summed E-state index contributed by atoms with van der Waals surface area (Å²) in [6.45, 7) is 0. The third-order valence-electron chi connectivity index (χ3n) is 5.37. The van der Waals surface area contributed by atoms with Crippen LogP contribution in [0, 0.1) is 11.7 Å². The molecule has 0 atom stereocenters. The van der Waals surface area contributed by atoms with Gasteiger partial charge < -0.3 is 20.9 Å². The summed E-state index contributed by atoms with van der Waals surface area (Å²) in [4.78, 5) is 30.0. The number of aromatic nitrogens is 1. The number of benzene rings is 2. The standard InChI is InChI=1S/C24H21F4N5O2/c1-33(18-9-10-29-21(13-18)32-22(34)14-5-6-14)17-7-8-20(19(25)12-17)31-23(35)30-16-4-2-3-15(11-16)24(26,27)28/h2-4,7-14H,5-6H2,1H3,(H,29,32,34)(H2,30,31,35). The van der Waals surface area contributed by atoms with E-state index in [0.717, 1.165) is 31.0 Å². The Bertz CT molecular complexity index is 1260. The Morgan fingerprint density at radius 1 is 0.971 bits per heavy atom. The van der Waals surface area contributed by atoms with Gasteiger partial charge in [0.15, 0.2) is 0 Å². The van der Waals surface area contributed by atoms with E-state index in [1.165, 1.54) is 24.4 Å². The van der Waals surface area contributed by atoms with Crippen LogP contribution in [-0.4, -0.2) is 24.0 Å². The third-order valence-corrected chi connectivity index (χ3v) is 5.37. The molecule has 0 spiro atoms. The summed E-state index contributed by atoms with van der Waals surface area (Å²) < 4.78 is 53.2. The fourth-order valence-electron chi connectivity index (χ4n) is 3.29. The summed E-state index contributed by atoms with van der Waals surface area (Å²) >= 11 is 0. The van der Waals surface area contributed by atoms with Crippen LogP contribution in [0.4, 0.5) is 50.9 Å². The molecule has 7 nitrogen and oxygen atoms in total. The van der Waals surface area contributed by atoms with Crippen LogP contribution in [0.1, 0.15) is 18.4 Å². The maximum atomic E-state index is 14.7. The van der Waals surface area contributed by atoms with Crippen LogP contribution in [0.15, 0.2) is 60.8 Å². The maximum Gasteiger partial charge on any atom is 0.416 e. The minimum Gasteiger partial charge on any atom is -0.344 e. The highest BCUT2D eigenvalue weighted by atomic mass is 19.4. The summed E-state index contributed by atoms with van der Waals surface area (Å²) in [7, 11) is 1.70. The third kappa shape index (κ3) is 6.05. The summed E-state index contributed by atoms with van der Waals surface area (Å²) in [5, 5.41) is 7.30. The van der Waals surface area contributed by atoms with E-state index in [2.05, 4.69) is 20.9 Å². The van der Waals surface area contributed by atoms with Crippen LogP contribution in [0.2, 0.25) is 0 Å². The van der Waals surface area contributed by atoms with E-state index >= 15 is 0 Å². The molecule has 1 aliphatic carbocycles. The van der Waals surface area contributed by atoms with E-state index in [4.69, 9.17) is 0 Å². The lowest BCUT2D eigenvalue weighted by Crippen LogP contribution is -2.20. The van der Waals surface area contributed by atoms with Crippen LogP contribution in [0.25, 0.3) is 0 Å². The molecule has 1 heterocycles. The molecule has 0 unspecified atom stereocenters. The summed E-state index contributed by atoms with van der Waals surface area (Å²) in [6, 6.07) is 10.7. The first kappa shape index (κ1) is 24.0. The molecule has 3 amide bonds. The highest BCUT2D eigenvalue weighted by molar-refractivity contribution is 6.00. The van der Waals surface area contributed by atoms with Gasteiger partial charge in [0.25, 0.3) is 0 Å². The van der Waals surface area contributed by atoms with E-state index < -0.39 is 23.6 Å². The Balaban J connectivity index is 1.42. The van der Waals surface area contributed by atoms with E-state index in [1.807, 2.05) is 0 Å². The predicted octanol–water partition coefficient (Wildman–Crippen LogP) is 6.00. The molecular formula is C24H21F4N5O2. The number of nitrogens with zero attached hydrogens (tertiary/aromatic N) is 2. The Labute approximate surface area is 198 Å². The van der Waals surface area contributed by atoms with Crippen molar-refractivity contribution in [3.8, 4) is 0 Å². The number of hydrogen-bond acceptors (Lipinski definition) is 4. The molecule has 11 heteroatoms. The molecule has 182 valence electrons. The molecule has 3 aromatic rings. The molecular weight excluding hydrogens is 466 g/mol. The summed E-state index contributed by atoms with van der Waals surface area (Å²) in [5.74, 6) is -0.415. The molecule has 35 heavy (non-hydrogen) atoms. The van der Waals surface area contributed by atoms with Gasteiger partial charge in [-0.1, -0.05) is 6.07 Å². The van der Waals surface area contributed by atoms with Crippen LogP contribution >= 0.6 is 0 Å². The molecule has 2 aromatic carbocycles. The second-order valence-corrected chi connectivity index (χ2v) is 8.04. The highest BCUT2D eigenvalue weighted by Crippen LogP contribution is 2.32. The topological polar surface area (TPSA) is 86.4 Å². The van der Waals surface area contributed by atoms with E-state index in [9.17, 15) is 27.2 Å². The number of alkyl halides is 3. The van der Waals surface area contributed by atoms with Gasteiger partial charge in [0.2, 0.25) is 5.91 Å². The molecule has 4 rings (SSSR count). The summed E-state index contributed by atoms with van der Waals surface area (Å²) in [6.07, 6.45) is -1.30. The zero-order chi connectivity index (χ0) is 25.2. The quantitative estimate of drug-likeness (QED) is 0.372. The molecule has 1 aromatic heterocycles. The molecule has 1 aliphatic rings. The van der Waals surface area contributed by atoms with Crippen LogP contribution in [0.5, 0.6) is 0 Å². The van der Waals surface area contributed by atoms with Crippen molar-refractivity contribution in [1.82, 2.24) is 4.98 Å². The van der Waals surface area contributed by atoms with Crippen LogP contribution < -0.4 is 20.9 Å². The van der Waals surface area contributed by atoms with Gasteiger partial charge in [0, 0.05) is 42.3 Å². The van der Waals surface area contributed by atoms with Crippen molar-refractivity contribution < 1.29 is 27.2 Å². The van der Waals surface area contributed by atoms with Gasteiger partial charge in [0.1, 0.15) is 11.6 Å². The normalized spacial score (nSPS) is 13.2. The lowest BCUT2D eigenvalue weighted by atomic mass is 10.2. The SMILES string of the molecule is CN(c1ccnc(NC(=O)C2CC2)c1)c1ccc(NC(=O)Nc2cccc(C(F)(F)F)c2)c(F)c1. The predicted molar refractivity (Wildman–Crippen MR) is 124 cm³/mol. The van der Waals surface area contributed by atoms with Crippen molar-refractivity contribution in [2.75, 3.05) is 27.9 Å². The van der Waals surface area contributed by atoms with Crippen molar-refractivity contribution in [3.05, 3.63) is 72.2 Å². The van der Waals surface area contributed by atoms with Crippen molar-refractivity contribution in [2.24, 2.45) is 5.92 Å². The van der Waals surface area contributed by atoms with Crippen molar-refractivity contribution >= 4 is 40.5 Å². The van der Waals surface area contributed by atoms with Gasteiger partial charge in [0.05, 0.1) is 11.3 Å². The minimum absolute atomic E-state index is 0.0260. The average Bonchev–Trinajstić information content (AvgIpc) is 3.65. The fraction of sp³-hybridized carbons (Fsp3) is 0.208. The first-order valence-electron chi connectivity index (χ1n) is 10.7. The van der Waals surface area contributed by atoms with Crippen molar-refractivity contribution in [2.45, 2.75) is 19.0 Å². The monoisotopic (exact) mass is 487 g/mol. The number of carbonyl (C=O) groups excluding carboxylic acids is 2. The Hall–Kier alpha value is -4.15. The number of halogens is 4. The molecule has 1 fully saturated rings. The number of anilines is 5. The number of rotatable bonds is 6. The Morgan fingerprint density at radius 3 is 2.40 bits per heavy atom. The average molecular weight is 487 g/mol. The zero-order valence-electron chi connectivity index (χ0n) is 18.5. The number of urea groups is 1. The molecule has 0 aliphatic heterocycles. The van der Waals surface area contributed by atoms with Crippen molar-refractivity contribution in [1.29, 1.82) is 0 Å². The van der Waals surface area contributed by atoms with Gasteiger partial charge in [-0.15, -0.1) is 0 Å². The molecule has 3 N–H and O–H groups in total. The van der Waals surface area contributed by atoms with Gasteiger partial charge >= 0.3 is 12.2 Å². The Morgan fingerprint density at radius 2 is 1.71 bits per heavy atom. The number of amides is 3. The molecule has 1 saturated carbocycles. The van der Waals surface area contributed by atoms with E-state index in [-0.39, 0.29) is 23.2 Å². The second-order valence-electron chi connectivity index (χ2n) is 8.04. The number of nitrogens with one attached hydrogen (secondary N) is 3. The van der Waals surface area contributed by atoms with Crippen LogP contribution in [-0.2, 0) is 11.0 Å². The van der Waals surface area contributed by atoms with E-state index in [1.54, 1.807) is 30.1 Å². The lowest BCUT2D eigenvalue weighted by molar-refractivity contribution is -0.137. The maximum absolute atomic E-state index is 14.7. The highest BCUT2D eigenvalue weighted by Gasteiger charge is 2.31. The van der Waals surface area contributed by atoms with Gasteiger partial charge in [-0.25, -0.2) is 14.2 Å². The zero-order valence-corrected chi connectivity index (χ0v) is 18.5. The lowest BCUT2D eigenvalue weighted by Gasteiger charge is -2.21. The van der Waals surface area contributed by atoms with Gasteiger partial charge in [-0.2, -0.15) is 13.2 Å². The first-order valence-corrected chi connectivity index (χ1v) is 10.7. The first-order chi connectivity index (χ1) is 16.6. The van der Waals surface area contributed by atoms with Crippen LogP contribution in [0.3, 0.4) is 0 Å².